The van der Waals surface area contributed by atoms with Gasteiger partial charge in [0.15, 0.2) is 0 Å². The van der Waals surface area contributed by atoms with Crippen molar-refractivity contribution in [2.45, 2.75) is 25.7 Å². The van der Waals surface area contributed by atoms with Crippen LogP contribution in [0.5, 0.6) is 0 Å². The maximum absolute atomic E-state index is 13.1. The molecule has 0 aliphatic carbocycles. The molecular formula is C13H16FNO. The van der Waals surface area contributed by atoms with Crippen molar-refractivity contribution in [2.24, 2.45) is 0 Å². The molecule has 1 fully saturated rings. The summed E-state index contributed by atoms with van der Waals surface area (Å²) in [6.45, 7) is 3.18. The van der Waals surface area contributed by atoms with Gasteiger partial charge in [-0.25, -0.2) is 4.39 Å². The summed E-state index contributed by atoms with van der Waals surface area (Å²) in [5, 5.41) is 0. The zero-order chi connectivity index (χ0) is 11.5. The van der Waals surface area contributed by atoms with E-state index < -0.39 is 0 Å². The maximum Gasteiger partial charge on any atom is 0.219 e. The lowest BCUT2D eigenvalue weighted by Gasteiger charge is -2.31. The number of likely N-dealkylation sites (tertiary alicyclic amines) is 1. The molecule has 1 saturated heterocycles. The number of amides is 1. The summed E-state index contributed by atoms with van der Waals surface area (Å²) in [5.41, 5.74) is 1.06. The first-order chi connectivity index (χ1) is 7.66. The molecule has 0 unspecified atom stereocenters. The highest BCUT2D eigenvalue weighted by atomic mass is 19.1. The second kappa shape index (κ2) is 4.64. The average Bonchev–Trinajstić information content (AvgIpc) is 2.29. The molecule has 86 valence electrons. The molecule has 1 aromatic rings. The monoisotopic (exact) mass is 221 g/mol. The van der Waals surface area contributed by atoms with Crippen LogP contribution in [0.1, 0.15) is 31.2 Å². The van der Waals surface area contributed by atoms with E-state index in [0.717, 1.165) is 31.5 Å². The Bertz CT molecular complexity index is 383. The van der Waals surface area contributed by atoms with E-state index in [-0.39, 0.29) is 11.7 Å². The lowest BCUT2D eigenvalue weighted by Crippen LogP contribution is -2.36. The molecule has 3 heteroatoms. The molecule has 0 N–H and O–H groups in total. The van der Waals surface area contributed by atoms with Crippen molar-refractivity contribution in [1.82, 2.24) is 4.90 Å². The minimum atomic E-state index is -0.175. The maximum atomic E-state index is 13.1. The van der Waals surface area contributed by atoms with Crippen molar-refractivity contribution in [2.75, 3.05) is 13.1 Å². The van der Waals surface area contributed by atoms with Crippen LogP contribution in [-0.4, -0.2) is 23.9 Å². The van der Waals surface area contributed by atoms with Crippen molar-refractivity contribution >= 4 is 5.91 Å². The van der Waals surface area contributed by atoms with Crippen molar-refractivity contribution in [3.8, 4) is 0 Å². The third-order valence-corrected chi connectivity index (χ3v) is 3.26. The second-order valence-electron chi connectivity index (χ2n) is 4.34. The molecule has 0 radical (unpaired) electrons. The third-order valence-electron chi connectivity index (χ3n) is 3.26. The van der Waals surface area contributed by atoms with Crippen LogP contribution in [0.15, 0.2) is 24.3 Å². The minimum Gasteiger partial charge on any atom is -0.343 e. The van der Waals surface area contributed by atoms with E-state index >= 15 is 0 Å². The highest BCUT2D eigenvalue weighted by Crippen LogP contribution is 2.28. The number of halogens is 1. The molecule has 0 atom stereocenters. The van der Waals surface area contributed by atoms with Crippen LogP contribution in [0.3, 0.4) is 0 Å². The molecule has 1 aliphatic rings. The third kappa shape index (κ3) is 2.40. The predicted molar refractivity (Wildman–Crippen MR) is 60.6 cm³/mol. The molecule has 1 aliphatic heterocycles. The zero-order valence-electron chi connectivity index (χ0n) is 9.45. The number of piperidine rings is 1. The van der Waals surface area contributed by atoms with Gasteiger partial charge in [-0.2, -0.15) is 0 Å². The Hall–Kier alpha value is -1.38. The van der Waals surface area contributed by atoms with E-state index in [0.29, 0.717) is 5.92 Å². The van der Waals surface area contributed by atoms with Gasteiger partial charge in [0.1, 0.15) is 5.82 Å². The summed E-state index contributed by atoms with van der Waals surface area (Å²) in [6.07, 6.45) is 1.87. The number of rotatable bonds is 1. The fourth-order valence-corrected chi connectivity index (χ4v) is 2.29. The Kier molecular flexibility index (Phi) is 3.22. The Morgan fingerprint density at radius 3 is 2.62 bits per heavy atom. The lowest BCUT2D eigenvalue weighted by molar-refractivity contribution is -0.129. The van der Waals surface area contributed by atoms with Gasteiger partial charge in [0.2, 0.25) is 5.91 Å². The van der Waals surface area contributed by atoms with Gasteiger partial charge in [-0.05, 0) is 36.5 Å². The standard InChI is InChI=1S/C13H16FNO/c1-10(16)15-7-5-11(6-8-15)12-3-2-4-13(14)9-12/h2-4,9,11H,5-8H2,1H3. The van der Waals surface area contributed by atoms with Crippen LogP contribution in [0.2, 0.25) is 0 Å². The van der Waals surface area contributed by atoms with Gasteiger partial charge in [-0.15, -0.1) is 0 Å². The van der Waals surface area contributed by atoms with Crippen molar-refractivity contribution < 1.29 is 9.18 Å². The average molecular weight is 221 g/mol. The molecule has 1 amide bonds. The van der Waals surface area contributed by atoms with Gasteiger partial charge in [0.25, 0.3) is 0 Å². The van der Waals surface area contributed by atoms with E-state index in [1.165, 1.54) is 6.07 Å². The summed E-state index contributed by atoms with van der Waals surface area (Å²) in [7, 11) is 0. The number of hydrogen-bond acceptors (Lipinski definition) is 1. The minimum absolute atomic E-state index is 0.137. The van der Waals surface area contributed by atoms with E-state index in [9.17, 15) is 9.18 Å². The molecule has 0 saturated carbocycles. The van der Waals surface area contributed by atoms with Gasteiger partial charge in [0, 0.05) is 20.0 Å². The first-order valence-corrected chi connectivity index (χ1v) is 5.68. The van der Waals surface area contributed by atoms with Gasteiger partial charge >= 0.3 is 0 Å². The summed E-state index contributed by atoms with van der Waals surface area (Å²) in [6, 6.07) is 6.79. The number of benzene rings is 1. The molecule has 16 heavy (non-hydrogen) atoms. The second-order valence-corrected chi connectivity index (χ2v) is 4.34. The molecule has 0 aromatic heterocycles. The summed E-state index contributed by atoms with van der Waals surface area (Å²) < 4.78 is 13.1. The van der Waals surface area contributed by atoms with Gasteiger partial charge < -0.3 is 4.90 Å². The zero-order valence-corrected chi connectivity index (χ0v) is 9.45. The summed E-state index contributed by atoms with van der Waals surface area (Å²) >= 11 is 0. The number of nitrogens with zero attached hydrogens (tertiary/aromatic N) is 1. The van der Waals surface area contributed by atoms with Crippen molar-refractivity contribution in [3.63, 3.8) is 0 Å². The molecule has 2 rings (SSSR count). The summed E-state index contributed by atoms with van der Waals surface area (Å²) in [5.74, 6) is 0.357. The Balaban J connectivity index is 2.01. The molecular weight excluding hydrogens is 205 g/mol. The van der Waals surface area contributed by atoms with E-state index in [4.69, 9.17) is 0 Å². The van der Waals surface area contributed by atoms with E-state index in [2.05, 4.69) is 0 Å². The first-order valence-electron chi connectivity index (χ1n) is 5.68. The smallest absolute Gasteiger partial charge is 0.219 e. The quantitative estimate of drug-likeness (QED) is 0.713. The van der Waals surface area contributed by atoms with Crippen LogP contribution in [0.4, 0.5) is 4.39 Å². The normalized spacial score (nSPS) is 17.5. The molecule has 1 aromatic carbocycles. The van der Waals surface area contributed by atoms with Crippen LogP contribution >= 0.6 is 0 Å². The fraction of sp³-hybridized carbons (Fsp3) is 0.462. The summed E-state index contributed by atoms with van der Waals surface area (Å²) in [4.78, 5) is 13.0. The fourth-order valence-electron chi connectivity index (χ4n) is 2.29. The highest BCUT2D eigenvalue weighted by molar-refractivity contribution is 5.73. The van der Waals surface area contributed by atoms with E-state index in [1.54, 1.807) is 19.1 Å². The van der Waals surface area contributed by atoms with Crippen LogP contribution < -0.4 is 0 Å². The van der Waals surface area contributed by atoms with Crippen LogP contribution in [-0.2, 0) is 4.79 Å². The number of carbonyl (C=O) groups excluding carboxylic acids is 1. The molecule has 2 nitrogen and oxygen atoms in total. The van der Waals surface area contributed by atoms with Crippen LogP contribution in [0, 0.1) is 5.82 Å². The lowest BCUT2D eigenvalue weighted by atomic mass is 9.89. The van der Waals surface area contributed by atoms with Crippen molar-refractivity contribution in [3.05, 3.63) is 35.6 Å². The first kappa shape index (κ1) is 11.1. The topological polar surface area (TPSA) is 20.3 Å². The SMILES string of the molecule is CC(=O)N1CCC(c2cccc(F)c2)CC1. The number of hydrogen-bond donors (Lipinski definition) is 0. The van der Waals surface area contributed by atoms with Crippen molar-refractivity contribution in [1.29, 1.82) is 0 Å². The van der Waals surface area contributed by atoms with Gasteiger partial charge in [-0.3, -0.25) is 4.79 Å². The Morgan fingerprint density at radius 2 is 2.06 bits per heavy atom. The highest BCUT2D eigenvalue weighted by Gasteiger charge is 2.21. The largest absolute Gasteiger partial charge is 0.343 e. The molecule has 0 spiro atoms. The van der Waals surface area contributed by atoms with Gasteiger partial charge in [-0.1, -0.05) is 12.1 Å². The van der Waals surface area contributed by atoms with Crippen LogP contribution in [0.25, 0.3) is 0 Å². The predicted octanol–water partition coefficient (Wildman–Crippen LogP) is 2.55. The van der Waals surface area contributed by atoms with E-state index in [1.807, 2.05) is 11.0 Å². The van der Waals surface area contributed by atoms with Gasteiger partial charge in [0.05, 0.1) is 0 Å². The Morgan fingerprint density at radius 1 is 1.38 bits per heavy atom. The number of carbonyl (C=O) groups is 1. The Labute approximate surface area is 95.1 Å². The molecule has 0 bridgehead atoms. The molecule has 1 heterocycles.